The number of methoxy groups -OCH3 is 1. The van der Waals surface area contributed by atoms with Crippen LogP contribution in [-0.2, 0) is 29.0 Å². The Kier molecular flexibility index (Phi) is 5.62. The molecule has 7 nitrogen and oxygen atoms in total. The van der Waals surface area contributed by atoms with Gasteiger partial charge in [-0.2, -0.15) is 5.10 Å². The molecule has 0 amide bonds. The van der Waals surface area contributed by atoms with E-state index in [9.17, 15) is 14.0 Å². The first kappa shape index (κ1) is 20.5. The molecule has 0 aliphatic rings. The summed E-state index contributed by atoms with van der Waals surface area (Å²) in [6.07, 6.45) is 3.74. The Morgan fingerprint density at radius 2 is 2.03 bits per heavy atom. The molecule has 3 aromatic heterocycles. The van der Waals surface area contributed by atoms with Crippen molar-refractivity contribution < 1.29 is 13.9 Å². The second-order valence-electron chi connectivity index (χ2n) is 7.25. The van der Waals surface area contributed by atoms with Gasteiger partial charge < -0.3 is 9.30 Å². The van der Waals surface area contributed by atoms with Gasteiger partial charge in [-0.25, -0.2) is 9.07 Å². The van der Waals surface area contributed by atoms with E-state index < -0.39 is 0 Å². The van der Waals surface area contributed by atoms with Gasteiger partial charge in [0, 0.05) is 41.5 Å². The van der Waals surface area contributed by atoms with Gasteiger partial charge in [0.15, 0.2) is 0 Å². The molecular formula is C23H21FN4O3. The van der Waals surface area contributed by atoms with Crippen LogP contribution in [0.25, 0.3) is 10.9 Å². The maximum atomic E-state index is 14.0. The van der Waals surface area contributed by atoms with Crippen LogP contribution in [0.4, 0.5) is 4.39 Å². The van der Waals surface area contributed by atoms with Gasteiger partial charge in [0.2, 0.25) is 0 Å². The minimum atomic E-state index is -0.390. The zero-order valence-electron chi connectivity index (χ0n) is 17.2. The topological polar surface area (TPSA) is 79.0 Å². The largest absolute Gasteiger partial charge is 0.468 e. The number of nitrogens with zero attached hydrogens (tertiary/aromatic N) is 4. The quantitative estimate of drug-likeness (QED) is 0.448. The number of benzene rings is 1. The molecule has 0 N–H and O–H groups in total. The molecule has 0 bridgehead atoms. The molecule has 0 aliphatic heterocycles. The van der Waals surface area contributed by atoms with E-state index in [0.29, 0.717) is 24.0 Å². The highest BCUT2D eigenvalue weighted by Gasteiger charge is 2.18. The van der Waals surface area contributed by atoms with Crippen LogP contribution in [0.5, 0.6) is 0 Å². The highest BCUT2D eigenvalue weighted by molar-refractivity contribution is 5.87. The van der Waals surface area contributed by atoms with E-state index in [0.717, 1.165) is 22.3 Å². The summed E-state index contributed by atoms with van der Waals surface area (Å²) < 4.78 is 22.0. The number of esters is 1. The van der Waals surface area contributed by atoms with Crippen LogP contribution in [0.1, 0.15) is 22.5 Å². The van der Waals surface area contributed by atoms with Crippen LogP contribution in [0, 0.1) is 12.7 Å². The Morgan fingerprint density at radius 1 is 1.19 bits per heavy atom. The summed E-state index contributed by atoms with van der Waals surface area (Å²) in [7, 11) is 1.33. The smallest absolute Gasteiger partial charge is 0.325 e. The van der Waals surface area contributed by atoms with E-state index in [2.05, 4.69) is 10.1 Å². The Morgan fingerprint density at radius 3 is 2.77 bits per heavy atom. The maximum Gasteiger partial charge on any atom is 0.325 e. The number of carbonyl (C=O) groups excluding carboxylic acids is 1. The minimum absolute atomic E-state index is 0.0262. The molecule has 0 fully saturated rings. The molecular weight excluding hydrogens is 399 g/mol. The average molecular weight is 420 g/mol. The van der Waals surface area contributed by atoms with Crippen LogP contribution in [0.3, 0.4) is 0 Å². The lowest BCUT2D eigenvalue weighted by atomic mass is 10.1. The molecule has 0 unspecified atom stereocenters. The van der Waals surface area contributed by atoms with Crippen molar-refractivity contribution in [1.29, 1.82) is 0 Å². The van der Waals surface area contributed by atoms with Crippen molar-refractivity contribution >= 4 is 16.9 Å². The second-order valence-corrected chi connectivity index (χ2v) is 7.25. The van der Waals surface area contributed by atoms with Crippen molar-refractivity contribution in [3.05, 3.63) is 93.5 Å². The summed E-state index contributed by atoms with van der Waals surface area (Å²) in [5.74, 6) is -0.752. The highest BCUT2D eigenvalue weighted by atomic mass is 19.1. The molecule has 1 aromatic carbocycles. The first-order valence-corrected chi connectivity index (χ1v) is 9.76. The summed E-state index contributed by atoms with van der Waals surface area (Å²) >= 11 is 0. The lowest BCUT2D eigenvalue weighted by Crippen LogP contribution is -2.23. The molecule has 0 atom stereocenters. The van der Waals surface area contributed by atoms with Crippen LogP contribution in [-0.4, -0.2) is 32.4 Å². The Bertz CT molecular complexity index is 1310. The van der Waals surface area contributed by atoms with Gasteiger partial charge in [-0.3, -0.25) is 14.6 Å². The molecule has 158 valence electrons. The Labute approximate surface area is 177 Å². The van der Waals surface area contributed by atoms with Crippen molar-refractivity contribution in [3.8, 4) is 0 Å². The molecule has 3 heterocycles. The summed E-state index contributed by atoms with van der Waals surface area (Å²) in [5, 5.41) is 5.20. The maximum absolute atomic E-state index is 14.0. The molecule has 31 heavy (non-hydrogen) atoms. The zero-order chi connectivity index (χ0) is 22.0. The fraction of sp³-hybridized carbons (Fsp3) is 0.217. The molecule has 0 radical (unpaired) electrons. The first-order chi connectivity index (χ1) is 15.0. The molecule has 0 aliphatic carbocycles. The lowest BCUT2D eigenvalue weighted by Gasteiger charge is -2.09. The van der Waals surface area contributed by atoms with Gasteiger partial charge in [0.1, 0.15) is 12.4 Å². The molecule has 8 heteroatoms. The fourth-order valence-corrected chi connectivity index (χ4v) is 3.69. The Hall–Kier alpha value is -3.81. The summed E-state index contributed by atoms with van der Waals surface area (Å²) in [6, 6.07) is 11.3. The number of ether oxygens (including phenoxy) is 1. The van der Waals surface area contributed by atoms with Crippen molar-refractivity contribution in [2.24, 2.45) is 0 Å². The highest BCUT2D eigenvalue weighted by Crippen LogP contribution is 2.28. The van der Waals surface area contributed by atoms with E-state index in [1.54, 1.807) is 30.6 Å². The molecule has 0 spiro atoms. The van der Waals surface area contributed by atoms with Gasteiger partial charge in [0.05, 0.1) is 19.3 Å². The van der Waals surface area contributed by atoms with Crippen molar-refractivity contribution in [2.75, 3.05) is 7.11 Å². The number of hydrogen-bond donors (Lipinski definition) is 0. The normalized spacial score (nSPS) is 11.1. The van der Waals surface area contributed by atoms with E-state index in [1.165, 1.54) is 30.0 Å². The molecule has 0 saturated heterocycles. The van der Waals surface area contributed by atoms with Gasteiger partial charge >= 0.3 is 5.97 Å². The predicted octanol–water partition coefficient (Wildman–Crippen LogP) is 2.85. The lowest BCUT2D eigenvalue weighted by molar-refractivity contribution is -0.141. The zero-order valence-corrected chi connectivity index (χ0v) is 17.2. The number of aromatic nitrogens is 4. The predicted molar refractivity (Wildman–Crippen MR) is 113 cm³/mol. The van der Waals surface area contributed by atoms with E-state index in [1.807, 2.05) is 17.6 Å². The van der Waals surface area contributed by atoms with Crippen LogP contribution in [0.2, 0.25) is 0 Å². The Balaban J connectivity index is 1.74. The summed E-state index contributed by atoms with van der Waals surface area (Å²) in [4.78, 5) is 28.2. The van der Waals surface area contributed by atoms with Gasteiger partial charge in [-0.05, 0) is 48.4 Å². The van der Waals surface area contributed by atoms with Gasteiger partial charge in [-0.1, -0.05) is 6.07 Å². The average Bonchev–Trinajstić information content (AvgIpc) is 3.01. The van der Waals surface area contributed by atoms with Crippen LogP contribution in [0.15, 0.2) is 59.7 Å². The van der Waals surface area contributed by atoms with Gasteiger partial charge in [-0.15, -0.1) is 0 Å². The molecule has 4 aromatic rings. The van der Waals surface area contributed by atoms with E-state index in [-0.39, 0.29) is 23.9 Å². The van der Waals surface area contributed by atoms with Gasteiger partial charge in [0.25, 0.3) is 5.56 Å². The number of pyridine rings is 1. The minimum Gasteiger partial charge on any atom is -0.468 e. The monoisotopic (exact) mass is 420 g/mol. The van der Waals surface area contributed by atoms with Crippen molar-refractivity contribution in [3.63, 3.8) is 0 Å². The second kappa shape index (κ2) is 8.51. The number of hydrogen-bond acceptors (Lipinski definition) is 5. The number of halogens is 1. The fourth-order valence-electron chi connectivity index (χ4n) is 3.69. The SMILES string of the molecule is COC(=O)Cn1c(C)c(Cc2ccc(=O)n(Cc3cccnc3)n2)c2cc(F)ccc21. The van der Waals surface area contributed by atoms with E-state index >= 15 is 0 Å². The number of rotatable bonds is 6. The van der Waals surface area contributed by atoms with E-state index in [4.69, 9.17) is 4.74 Å². The third-order valence-corrected chi connectivity index (χ3v) is 5.27. The molecule has 0 saturated carbocycles. The third kappa shape index (κ3) is 4.23. The van der Waals surface area contributed by atoms with Crippen molar-refractivity contribution in [2.45, 2.75) is 26.4 Å². The molecule has 4 rings (SSSR count). The van der Waals surface area contributed by atoms with Crippen LogP contribution >= 0.6 is 0 Å². The summed E-state index contributed by atoms with van der Waals surface area (Å²) in [5.41, 5.74) is 3.71. The number of fused-ring (bicyclic) bond motifs is 1. The standard InChI is InChI=1S/C23H21FN4O3/c1-15-19(20-10-17(24)5-7-21(20)27(15)14-23(30)31-2)11-18-6-8-22(29)28(26-18)13-16-4-3-9-25-12-16/h3-10,12H,11,13-14H2,1-2H3. The first-order valence-electron chi connectivity index (χ1n) is 9.76. The van der Waals surface area contributed by atoms with Crippen molar-refractivity contribution in [1.82, 2.24) is 19.3 Å². The third-order valence-electron chi connectivity index (χ3n) is 5.27. The van der Waals surface area contributed by atoms with Crippen LogP contribution < -0.4 is 5.56 Å². The number of carbonyl (C=O) groups is 1. The summed E-state index contributed by atoms with van der Waals surface area (Å²) in [6.45, 7) is 2.21.